The highest BCUT2D eigenvalue weighted by atomic mass is 19.4. The SMILES string of the molecule is CC.O=NCc1cc(C(F)(F)F)cc(C(F)(F)F)c1. The minimum Gasteiger partial charge on any atom is -0.166 e. The Hall–Kier alpha value is -1.60. The summed E-state index contributed by atoms with van der Waals surface area (Å²) >= 11 is 0. The van der Waals surface area contributed by atoms with Crippen LogP contribution >= 0.6 is 0 Å². The van der Waals surface area contributed by atoms with Gasteiger partial charge in [0.05, 0.1) is 11.1 Å². The van der Waals surface area contributed by atoms with Crippen LogP contribution in [0.1, 0.15) is 30.5 Å². The van der Waals surface area contributed by atoms with Gasteiger partial charge in [0, 0.05) is 0 Å². The largest absolute Gasteiger partial charge is 0.416 e. The van der Waals surface area contributed by atoms with Gasteiger partial charge in [0.25, 0.3) is 0 Å². The van der Waals surface area contributed by atoms with Crippen LogP contribution in [0, 0.1) is 4.91 Å². The Balaban J connectivity index is 0.00000154. The van der Waals surface area contributed by atoms with Crippen LogP contribution in [0.3, 0.4) is 0 Å². The summed E-state index contributed by atoms with van der Waals surface area (Å²) in [6, 6.07) is 0.932. The molecule has 108 valence electrons. The Kier molecular flexibility index (Phi) is 5.98. The third-order valence-electron chi connectivity index (χ3n) is 1.89. The molecule has 0 saturated carbocycles. The van der Waals surface area contributed by atoms with Crippen molar-refractivity contribution < 1.29 is 26.3 Å². The summed E-state index contributed by atoms with van der Waals surface area (Å²) in [6.45, 7) is 3.26. The maximum absolute atomic E-state index is 12.3. The first-order valence-electron chi connectivity index (χ1n) is 5.22. The molecule has 0 aliphatic rings. The second kappa shape index (κ2) is 6.53. The van der Waals surface area contributed by atoms with Crippen molar-refractivity contribution in [1.82, 2.24) is 0 Å². The summed E-state index contributed by atoms with van der Waals surface area (Å²) in [5, 5.41) is 2.27. The van der Waals surface area contributed by atoms with Gasteiger partial charge in [0.1, 0.15) is 6.54 Å². The number of rotatable bonds is 2. The molecule has 0 atom stereocenters. The highest BCUT2D eigenvalue weighted by molar-refractivity contribution is 5.33. The molecule has 8 heteroatoms. The molecule has 0 aliphatic heterocycles. The number of hydrogen-bond donors (Lipinski definition) is 0. The van der Waals surface area contributed by atoms with Crippen molar-refractivity contribution in [3.63, 3.8) is 0 Å². The lowest BCUT2D eigenvalue weighted by Gasteiger charge is -2.12. The van der Waals surface area contributed by atoms with E-state index in [0.29, 0.717) is 12.1 Å². The van der Waals surface area contributed by atoms with Crippen molar-refractivity contribution in [2.75, 3.05) is 0 Å². The molecule has 2 nitrogen and oxygen atoms in total. The normalized spacial score (nSPS) is 11.6. The molecule has 0 bridgehead atoms. The van der Waals surface area contributed by atoms with E-state index in [0.717, 1.165) is 0 Å². The Morgan fingerprint density at radius 3 is 1.53 bits per heavy atom. The predicted octanol–water partition coefficient (Wildman–Crippen LogP) is 5.02. The monoisotopic (exact) mass is 287 g/mol. The van der Waals surface area contributed by atoms with Gasteiger partial charge in [-0.05, 0) is 23.8 Å². The molecule has 0 fully saturated rings. The molecule has 0 aliphatic carbocycles. The minimum atomic E-state index is -4.90. The van der Waals surface area contributed by atoms with Gasteiger partial charge in [-0.15, -0.1) is 0 Å². The number of benzene rings is 1. The lowest BCUT2D eigenvalue weighted by Crippen LogP contribution is -2.11. The fourth-order valence-corrected chi connectivity index (χ4v) is 1.19. The van der Waals surface area contributed by atoms with Crippen molar-refractivity contribution in [1.29, 1.82) is 0 Å². The molecule has 0 heterocycles. The van der Waals surface area contributed by atoms with E-state index in [1.165, 1.54) is 0 Å². The summed E-state index contributed by atoms with van der Waals surface area (Å²) in [7, 11) is 0. The third kappa shape index (κ3) is 5.27. The first-order valence-corrected chi connectivity index (χ1v) is 5.22. The predicted molar refractivity (Wildman–Crippen MR) is 57.3 cm³/mol. The first-order chi connectivity index (χ1) is 8.64. The van der Waals surface area contributed by atoms with E-state index in [9.17, 15) is 31.2 Å². The van der Waals surface area contributed by atoms with E-state index in [2.05, 4.69) is 5.18 Å². The molecule has 0 aromatic heterocycles. The lowest BCUT2D eigenvalue weighted by atomic mass is 10.0. The Bertz CT molecular complexity index is 392. The molecule has 1 rings (SSSR count). The van der Waals surface area contributed by atoms with Gasteiger partial charge >= 0.3 is 12.4 Å². The van der Waals surface area contributed by atoms with Crippen LogP contribution in [0.25, 0.3) is 0 Å². The molecule has 0 saturated heterocycles. The van der Waals surface area contributed by atoms with E-state index in [1.807, 2.05) is 13.8 Å². The number of nitroso groups, excluding NO2 is 1. The van der Waals surface area contributed by atoms with E-state index in [-0.39, 0.29) is 6.07 Å². The van der Waals surface area contributed by atoms with Crippen molar-refractivity contribution in [2.24, 2.45) is 5.18 Å². The third-order valence-corrected chi connectivity index (χ3v) is 1.89. The summed E-state index contributed by atoms with van der Waals surface area (Å²) in [4.78, 5) is 9.88. The average molecular weight is 287 g/mol. The quantitative estimate of drug-likeness (QED) is 0.555. The Labute approximate surface area is 105 Å². The molecular weight excluding hydrogens is 276 g/mol. The summed E-state index contributed by atoms with van der Waals surface area (Å²) in [5.41, 5.74) is -3.33. The van der Waals surface area contributed by atoms with Gasteiger partial charge in [-0.25, -0.2) is 0 Å². The maximum Gasteiger partial charge on any atom is 0.416 e. The number of nitrogens with zero attached hydrogens (tertiary/aromatic N) is 1. The fraction of sp³-hybridized carbons (Fsp3) is 0.455. The summed E-state index contributed by atoms with van der Waals surface area (Å²) in [5.74, 6) is 0. The van der Waals surface area contributed by atoms with Crippen LogP contribution in [-0.2, 0) is 18.9 Å². The zero-order chi connectivity index (χ0) is 15.3. The standard InChI is InChI=1S/C9H5F6NO.C2H6/c10-8(11,12)6-1-5(4-16-17)2-7(3-6)9(13,14)15;1-2/h1-3H,4H2;1-2H3. The second-order valence-corrected chi connectivity index (χ2v) is 3.20. The van der Waals surface area contributed by atoms with Gasteiger partial charge in [0.2, 0.25) is 0 Å². The van der Waals surface area contributed by atoms with Crippen molar-refractivity contribution >= 4 is 0 Å². The fourth-order valence-electron chi connectivity index (χ4n) is 1.19. The smallest absolute Gasteiger partial charge is 0.166 e. The van der Waals surface area contributed by atoms with Crippen LogP contribution in [0.15, 0.2) is 23.4 Å². The second-order valence-electron chi connectivity index (χ2n) is 3.20. The molecule has 19 heavy (non-hydrogen) atoms. The van der Waals surface area contributed by atoms with E-state index < -0.39 is 35.6 Å². The number of alkyl halides is 6. The van der Waals surface area contributed by atoms with Crippen LogP contribution in [0.5, 0.6) is 0 Å². The van der Waals surface area contributed by atoms with Crippen molar-refractivity contribution in [2.45, 2.75) is 32.7 Å². The van der Waals surface area contributed by atoms with Gasteiger partial charge < -0.3 is 0 Å². The summed E-state index contributed by atoms with van der Waals surface area (Å²) < 4.78 is 73.8. The molecule has 0 spiro atoms. The number of hydrogen-bond acceptors (Lipinski definition) is 2. The Morgan fingerprint density at radius 2 is 1.26 bits per heavy atom. The van der Waals surface area contributed by atoms with Gasteiger partial charge in [-0.2, -0.15) is 31.2 Å². The molecule has 1 aromatic carbocycles. The van der Waals surface area contributed by atoms with E-state index in [4.69, 9.17) is 0 Å². The zero-order valence-corrected chi connectivity index (χ0v) is 10.1. The molecule has 0 radical (unpaired) electrons. The van der Waals surface area contributed by atoms with Crippen LogP contribution in [-0.4, -0.2) is 0 Å². The summed E-state index contributed by atoms with van der Waals surface area (Å²) in [6.07, 6.45) is -9.81. The Morgan fingerprint density at radius 1 is 0.895 bits per heavy atom. The lowest BCUT2D eigenvalue weighted by molar-refractivity contribution is -0.143. The highest BCUT2D eigenvalue weighted by Crippen LogP contribution is 2.36. The van der Waals surface area contributed by atoms with Crippen molar-refractivity contribution in [3.05, 3.63) is 39.8 Å². The van der Waals surface area contributed by atoms with Crippen LogP contribution in [0.2, 0.25) is 0 Å². The highest BCUT2D eigenvalue weighted by Gasteiger charge is 2.36. The molecule has 0 unspecified atom stereocenters. The van der Waals surface area contributed by atoms with Gasteiger partial charge in [-0.3, -0.25) is 0 Å². The van der Waals surface area contributed by atoms with Gasteiger partial charge in [0.15, 0.2) is 0 Å². The van der Waals surface area contributed by atoms with Crippen LogP contribution in [0.4, 0.5) is 26.3 Å². The average Bonchev–Trinajstić information content (AvgIpc) is 2.29. The molecule has 0 amide bonds. The van der Waals surface area contributed by atoms with E-state index in [1.54, 1.807) is 0 Å². The topological polar surface area (TPSA) is 29.4 Å². The zero-order valence-electron chi connectivity index (χ0n) is 10.1. The number of halogens is 6. The first kappa shape index (κ1) is 17.4. The van der Waals surface area contributed by atoms with Crippen molar-refractivity contribution in [3.8, 4) is 0 Å². The van der Waals surface area contributed by atoms with E-state index >= 15 is 0 Å². The minimum absolute atomic E-state index is 0.00565. The molecule has 0 N–H and O–H groups in total. The van der Waals surface area contributed by atoms with Gasteiger partial charge in [-0.1, -0.05) is 19.0 Å². The molecule has 1 aromatic rings. The molecular formula is C11H11F6NO. The maximum atomic E-state index is 12.3. The van der Waals surface area contributed by atoms with Crippen LogP contribution < -0.4 is 0 Å².